The van der Waals surface area contributed by atoms with Gasteiger partial charge in [-0.15, -0.1) is 6.58 Å². The molecule has 88 valence electrons. The lowest BCUT2D eigenvalue weighted by molar-refractivity contribution is 0.709. The van der Waals surface area contributed by atoms with Gasteiger partial charge in [0.1, 0.15) is 0 Å². The Morgan fingerprint density at radius 2 is 2.12 bits per heavy atom. The molecule has 0 fully saturated rings. The summed E-state index contributed by atoms with van der Waals surface area (Å²) >= 11 is 6.04. The van der Waals surface area contributed by atoms with Gasteiger partial charge < -0.3 is 5.32 Å². The standard InChI is InChI=1S/C14H20ClN/c1-3-4-5-6-7-10-16-13-9-8-12(2)14(15)11-13/h3,8-9,11,16H,1,4-7,10H2,2H3. The molecule has 0 unspecified atom stereocenters. The number of nitrogens with one attached hydrogen (secondary N) is 1. The van der Waals surface area contributed by atoms with Crippen molar-refractivity contribution >= 4 is 17.3 Å². The zero-order chi connectivity index (χ0) is 11.8. The summed E-state index contributed by atoms with van der Waals surface area (Å²) in [5, 5.41) is 4.21. The van der Waals surface area contributed by atoms with Gasteiger partial charge in [0.05, 0.1) is 0 Å². The molecule has 1 aromatic carbocycles. The third-order valence-corrected chi connectivity index (χ3v) is 2.99. The van der Waals surface area contributed by atoms with E-state index in [1.54, 1.807) is 0 Å². The van der Waals surface area contributed by atoms with E-state index < -0.39 is 0 Å². The molecule has 1 aromatic rings. The van der Waals surface area contributed by atoms with Crippen LogP contribution < -0.4 is 5.32 Å². The average Bonchev–Trinajstić information content (AvgIpc) is 2.28. The van der Waals surface area contributed by atoms with Gasteiger partial charge >= 0.3 is 0 Å². The van der Waals surface area contributed by atoms with Crippen molar-refractivity contribution in [3.8, 4) is 0 Å². The quantitative estimate of drug-likeness (QED) is 0.530. The van der Waals surface area contributed by atoms with Gasteiger partial charge in [-0.3, -0.25) is 0 Å². The van der Waals surface area contributed by atoms with Crippen LogP contribution in [0.15, 0.2) is 30.9 Å². The van der Waals surface area contributed by atoms with Crippen molar-refractivity contribution in [2.24, 2.45) is 0 Å². The molecule has 1 nitrogen and oxygen atoms in total. The van der Waals surface area contributed by atoms with Crippen molar-refractivity contribution in [1.82, 2.24) is 0 Å². The van der Waals surface area contributed by atoms with Gasteiger partial charge in [0.25, 0.3) is 0 Å². The second-order valence-electron chi connectivity index (χ2n) is 4.03. The van der Waals surface area contributed by atoms with Crippen LogP contribution in [0.25, 0.3) is 0 Å². The minimum atomic E-state index is 0.830. The first-order chi connectivity index (χ1) is 7.74. The van der Waals surface area contributed by atoms with Crippen LogP contribution in [-0.2, 0) is 0 Å². The molecule has 0 aliphatic carbocycles. The number of anilines is 1. The molecule has 0 aliphatic rings. The first-order valence-electron chi connectivity index (χ1n) is 5.85. The SMILES string of the molecule is C=CCCCCCNc1ccc(C)c(Cl)c1. The molecule has 0 saturated heterocycles. The summed E-state index contributed by atoms with van der Waals surface area (Å²) < 4.78 is 0. The summed E-state index contributed by atoms with van der Waals surface area (Å²) in [6.07, 6.45) is 6.78. The van der Waals surface area contributed by atoms with Crippen LogP contribution in [-0.4, -0.2) is 6.54 Å². The molecule has 1 rings (SSSR count). The molecule has 2 heteroatoms. The van der Waals surface area contributed by atoms with E-state index in [1.165, 1.54) is 19.3 Å². The summed E-state index contributed by atoms with van der Waals surface area (Å²) in [6, 6.07) is 6.11. The van der Waals surface area contributed by atoms with Crippen molar-refractivity contribution in [2.75, 3.05) is 11.9 Å². The van der Waals surface area contributed by atoms with Crippen molar-refractivity contribution in [3.05, 3.63) is 41.4 Å². The van der Waals surface area contributed by atoms with Gasteiger partial charge in [-0.25, -0.2) is 0 Å². The fraction of sp³-hybridized carbons (Fsp3) is 0.429. The molecule has 0 radical (unpaired) electrons. The van der Waals surface area contributed by atoms with Crippen LogP contribution in [0.1, 0.15) is 31.2 Å². The highest BCUT2D eigenvalue weighted by Crippen LogP contribution is 2.19. The number of rotatable bonds is 7. The van der Waals surface area contributed by atoms with Crippen LogP contribution in [0.4, 0.5) is 5.69 Å². The summed E-state index contributed by atoms with van der Waals surface area (Å²) in [5.74, 6) is 0. The number of aryl methyl sites for hydroxylation is 1. The normalized spacial score (nSPS) is 10.1. The van der Waals surface area contributed by atoms with E-state index in [2.05, 4.69) is 18.0 Å². The summed E-state index contributed by atoms with van der Waals surface area (Å²) in [6.45, 7) is 6.74. The Morgan fingerprint density at radius 3 is 2.81 bits per heavy atom. The third kappa shape index (κ3) is 4.71. The van der Waals surface area contributed by atoms with E-state index in [9.17, 15) is 0 Å². The number of unbranched alkanes of at least 4 members (excludes halogenated alkanes) is 3. The van der Waals surface area contributed by atoms with Gasteiger partial charge in [0.15, 0.2) is 0 Å². The zero-order valence-corrected chi connectivity index (χ0v) is 10.7. The molecular weight excluding hydrogens is 218 g/mol. The Balaban J connectivity index is 2.21. The first-order valence-corrected chi connectivity index (χ1v) is 6.23. The maximum Gasteiger partial charge on any atom is 0.0455 e. The van der Waals surface area contributed by atoms with Gasteiger partial charge in [0, 0.05) is 17.3 Å². The summed E-state index contributed by atoms with van der Waals surface area (Å²) in [4.78, 5) is 0. The Kier molecular flexibility index (Phi) is 6.02. The smallest absolute Gasteiger partial charge is 0.0455 e. The van der Waals surface area contributed by atoms with E-state index in [0.29, 0.717) is 0 Å². The monoisotopic (exact) mass is 237 g/mol. The zero-order valence-electron chi connectivity index (χ0n) is 9.93. The van der Waals surface area contributed by atoms with E-state index in [4.69, 9.17) is 11.6 Å². The lowest BCUT2D eigenvalue weighted by atomic mass is 10.2. The third-order valence-electron chi connectivity index (χ3n) is 2.59. The molecule has 0 amide bonds. The van der Waals surface area contributed by atoms with E-state index in [1.807, 2.05) is 25.1 Å². The summed E-state index contributed by atoms with van der Waals surface area (Å²) in [7, 11) is 0. The van der Waals surface area contributed by atoms with Gasteiger partial charge in [0.2, 0.25) is 0 Å². The predicted octanol–water partition coefficient (Wildman–Crippen LogP) is 4.81. The fourth-order valence-electron chi connectivity index (χ4n) is 1.53. The number of benzene rings is 1. The number of hydrogen-bond acceptors (Lipinski definition) is 1. The fourth-order valence-corrected chi connectivity index (χ4v) is 1.71. The van der Waals surface area contributed by atoms with Crippen molar-refractivity contribution in [2.45, 2.75) is 32.6 Å². The molecule has 0 bridgehead atoms. The Morgan fingerprint density at radius 1 is 1.31 bits per heavy atom. The van der Waals surface area contributed by atoms with Crippen LogP contribution in [0.3, 0.4) is 0 Å². The highest BCUT2D eigenvalue weighted by Gasteiger charge is 1.96. The molecule has 0 aliphatic heterocycles. The second-order valence-corrected chi connectivity index (χ2v) is 4.44. The van der Waals surface area contributed by atoms with Crippen molar-refractivity contribution < 1.29 is 0 Å². The maximum atomic E-state index is 6.04. The molecule has 0 saturated carbocycles. The highest BCUT2D eigenvalue weighted by atomic mass is 35.5. The van der Waals surface area contributed by atoms with Gasteiger partial charge in [-0.1, -0.05) is 30.2 Å². The van der Waals surface area contributed by atoms with Crippen LogP contribution in [0.5, 0.6) is 0 Å². The van der Waals surface area contributed by atoms with Gasteiger partial charge in [-0.05, 0) is 43.9 Å². The van der Waals surface area contributed by atoms with Crippen LogP contribution in [0.2, 0.25) is 5.02 Å². The van der Waals surface area contributed by atoms with E-state index >= 15 is 0 Å². The molecule has 0 spiro atoms. The lowest BCUT2D eigenvalue weighted by Gasteiger charge is -2.07. The molecule has 1 N–H and O–H groups in total. The van der Waals surface area contributed by atoms with E-state index in [0.717, 1.165) is 29.2 Å². The van der Waals surface area contributed by atoms with E-state index in [-0.39, 0.29) is 0 Å². The highest BCUT2D eigenvalue weighted by molar-refractivity contribution is 6.31. The Bertz CT molecular complexity index is 334. The topological polar surface area (TPSA) is 12.0 Å². The minimum absolute atomic E-state index is 0.830. The Hall–Kier alpha value is -0.950. The van der Waals surface area contributed by atoms with Crippen LogP contribution in [0, 0.1) is 6.92 Å². The average molecular weight is 238 g/mol. The number of hydrogen-bond donors (Lipinski definition) is 1. The van der Waals surface area contributed by atoms with Crippen LogP contribution >= 0.6 is 11.6 Å². The minimum Gasteiger partial charge on any atom is -0.385 e. The molecule has 0 aromatic heterocycles. The van der Waals surface area contributed by atoms with Gasteiger partial charge in [-0.2, -0.15) is 0 Å². The number of halogens is 1. The van der Waals surface area contributed by atoms with Crippen molar-refractivity contribution in [3.63, 3.8) is 0 Å². The lowest BCUT2D eigenvalue weighted by Crippen LogP contribution is -2.01. The largest absolute Gasteiger partial charge is 0.385 e. The molecule has 0 heterocycles. The predicted molar refractivity (Wildman–Crippen MR) is 73.3 cm³/mol. The van der Waals surface area contributed by atoms with Crippen molar-refractivity contribution in [1.29, 1.82) is 0 Å². The maximum absolute atomic E-state index is 6.04. The molecule has 0 atom stereocenters. The molecule has 16 heavy (non-hydrogen) atoms. The second kappa shape index (κ2) is 7.34. The molecular formula is C14H20ClN. The summed E-state index contributed by atoms with van der Waals surface area (Å²) in [5.41, 5.74) is 2.23. The Labute approximate surface area is 104 Å². The number of allylic oxidation sites excluding steroid dienone is 1. The first kappa shape index (κ1) is 13.1.